The van der Waals surface area contributed by atoms with E-state index in [0.29, 0.717) is 12.5 Å². The summed E-state index contributed by atoms with van der Waals surface area (Å²) in [6.45, 7) is 5.37. The molecule has 0 bridgehead atoms. The maximum atomic E-state index is 10.0. The van der Waals surface area contributed by atoms with Crippen LogP contribution in [-0.4, -0.2) is 24.4 Å². The predicted octanol–water partition coefficient (Wildman–Crippen LogP) is 1.27. The molecule has 0 fully saturated rings. The molecule has 0 aromatic rings. The molecule has 0 aromatic carbocycles. The number of allylic oxidation sites excluding steroid dienone is 1. The lowest BCUT2D eigenvalue weighted by molar-refractivity contribution is 0.0427. The molecule has 2 unspecified atom stereocenters. The number of rotatable bonds is 4. The predicted molar refractivity (Wildman–Crippen MR) is 56.7 cm³/mol. The highest BCUT2D eigenvalue weighted by Crippen LogP contribution is 2.23. The fraction of sp³-hybridized carbons (Fsp3) is 0.818. The quantitative estimate of drug-likeness (QED) is 0.717. The van der Waals surface area contributed by atoms with Crippen LogP contribution in [0.1, 0.15) is 26.7 Å². The van der Waals surface area contributed by atoms with Gasteiger partial charge in [0.05, 0.1) is 6.61 Å². The Morgan fingerprint density at radius 2 is 2.29 bits per heavy atom. The topological polar surface area (TPSA) is 55.5 Å². The van der Waals surface area contributed by atoms with Gasteiger partial charge in [-0.05, 0) is 31.4 Å². The molecule has 1 heterocycles. The van der Waals surface area contributed by atoms with Crippen molar-refractivity contribution in [1.29, 1.82) is 0 Å². The largest absolute Gasteiger partial charge is 0.495 e. The van der Waals surface area contributed by atoms with Gasteiger partial charge < -0.3 is 15.6 Å². The van der Waals surface area contributed by atoms with Gasteiger partial charge in [-0.3, -0.25) is 0 Å². The van der Waals surface area contributed by atoms with Gasteiger partial charge in [0.15, 0.2) is 0 Å². The Kier molecular flexibility index (Phi) is 4.42. The second-order valence-corrected chi connectivity index (χ2v) is 4.19. The van der Waals surface area contributed by atoms with Gasteiger partial charge >= 0.3 is 0 Å². The molecular weight excluding hydrogens is 178 g/mol. The Hall–Kier alpha value is -0.540. The number of ether oxygens (including phenoxy) is 1. The van der Waals surface area contributed by atoms with Crippen LogP contribution in [0.5, 0.6) is 0 Å². The Morgan fingerprint density at radius 1 is 1.57 bits per heavy atom. The molecule has 3 N–H and O–H groups in total. The molecule has 1 aliphatic rings. The van der Waals surface area contributed by atoms with E-state index in [4.69, 9.17) is 10.5 Å². The number of aliphatic hydroxyl groups is 1. The van der Waals surface area contributed by atoms with Crippen molar-refractivity contribution in [3.8, 4) is 0 Å². The van der Waals surface area contributed by atoms with E-state index in [1.54, 1.807) is 0 Å². The standard InChI is InChI=1S/C11H21NO2/c1-8(2)9(7-12)11(13)10-5-3-4-6-14-10/h5,8-9,11,13H,3-4,6-7,12H2,1-2H3. The Morgan fingerprint density at radius 3 is 2.71 bits per heavy atom. The van der Waals surface area contributed by atoms with Gasteiger partial charge in [-0.25, -0.2) is 0 Å². The molecule has 82 valence electrons. The van der Waals surface area contributed by atoms with E-state index in [-0.39, 0.29) is 5.92 Å². The van der Waals surface area contributed by atoms with Crippen molar-refractivity contribution >= 4 is 0 Å². The summed E-state index contributed by atoms with van der Waals surface area (Å²) in [5, 5.41) is 10.0. The van der Waals surface area contributed by atoms with Gasteiger partial charge in [0.2, 0.25) is 0 Å². The van der Waals surface area contributed by atoms with Crippen molar-refractivity contribution < 1.29 is 9.84 Å². The van der Waals surface area contributed by atoms with Crippen LogP contribution in [-0.2, 0) is 4.74 Å². The minimum Gasteiger partial charge on any atom is -0.495 e. The maximum absolute atomic E-state index is 10.0. The average molecular weight is 199 g/mol. The number of aliphatic hydroxyl groups excluding tert-OH is 1. The van der Waals surface area contributed by atoms with Crippen molar-refractivity contribution in [3.63, 3.8) is 0 Å². The minimum atomic E-state index is -0.528. The average Bonchev–Trinajstić information content (AvgIpc) is 2.19. The third-order valence-corrected chi connectivity index (χ3v) is 2.79. The molecule has 3 nitrogen and oxygen atoms in total. The number of nitrogens with two attached hydrogens (primary N) is 1. The van der Waals surface area contributed by atoms with Gasteiger partial charge in [-0.15, -0.1) is 0 Å². The molecular formula is C11H21NO2. The molecule has 0 radical (unpaired) electrons. The van der Waals surface area contributed by atoms with Crippen LogP contribution in [0.4, 0.5) is 0 Å². The Bertz CT molecular complexity index is 201. The van der Waals surface area contributed by atoms with E-state index in [9.17, 15) is 5.11 Å². The van der Waals surface area contributed by atoms with Crippen molar-refractivity contribution in [2.75, 3.05) is 13.2 Å². The lowest BCUT2D eigenvalue weighted by atomic mass is 9.89. The fourth-order valence-corrected chi connectivity index (χ4v) is 1.76. The van der Waals surface area contributed by atoms with Crippen LogP contribution < -0.4 is 5.73 Å². The maximum Gasteiger partial charge on any atom is 0.121 e. The Labute approximate surface area is 85.9 Å². The van der Waals surface area contributed by atoms with Gasteiger partial charge in [0, 0.05) is 5.92 Å². The number of hydrogen-bond acceptors (Lipinski definition) is 3. The lowest BCUT2D eigenvalue weighted by Crippen LogP contribution is -2.34. The third-order valence-electron chi connectivity index (χ3n) is 2.79. The summed E-state index contributed by atoms with van der Waals surface area (Å²) in [5.41, 5.74) is 5.64. The minimum absolute atomic E-state index is 0.0966. The van der Waals surface area contributed by atoms with Crippen LogP contribution >= 0.6 is 0 Å². The van der Waals surface area contributed by atoms with E-state index < -0.39 is 6.10 Å². The summed E-state index contributed by atoms with van der Waals surface area (Å²) in [6, 6.07) is 0. The lowest BCUT2D eigenvalue weighted by Gasteiger charge is -2.28. The highest BCUT2D eigenvalue weighted by molar-refractivity contribution is 5.04. The van der Waals surface area contributed by atoms with Crippen molar-refractivity contribution in [3.05, 3.63) is 11.8 Å². The van der Waals surface area contributed by atoms with Crippen LogP contribution in [0, 0.1) is 11.8 Å². The van der Waals surface area contributed by atoms with Gasteiger partial charge in [-0.1, -0.05) is 13.8 Å². The molecule has 0 aromatic heterocycles. The van der Waals surface area contributed by atoms with E-state index in [1.807, 2.05) is 6.08 Å². The van der Waals surface area contributed by atoms with Crippen LogP contribution in [0.25, 0.3) is 0 Å². The zero-order chi connectivity index (χ0) is 10.6. The Balaban J connectivity index is 2.61. The first-order valence-corrected chi connectivity index (χ1v) is 5.37. The molecule has 2 atom stereocenters. The molecule has 14 heavy (non-hydrogen) atoms. The molecule has 3 heteroatoms. The van der Waals surface area contributed by atoms with Crippen molar-refractivity contribution in [2.24, 2.45) is 17.6 Å². The molecule has 0 amide bonds. The van der Waals surface area contributed by atoms with E-state index in [1.165, 1.54) is 0 Å². The molecule has 0 aliphatic carbocycles. The monoisotopic (exact) mass is 199 g/mol. The molecule has 0 saturated heterocycles. The smallest absolute Gasteiger partial charge is 0.121 e. The second-order valence-electron chi connectivity index (χ2n) is 4.19. The summed E-state index contributed by atoms with van der Waals surface area (Å²) in [4.78, 5) is 0. The summed E-state index contributed by atoms with van der Waals surface area (Å²) in [7, 11) is 0. The van der Waals surface area contributed by atoms with Gasteiger partial charge in [0.1, 0.15) is 11.9 Å². The van der Waals surface area contributed by atoms with E-state index in [0.717, 1.165) is 25.2 Å². The van der Waals surface area contributed by atoms with Crippen LogP contribution in [0.15, 0.2) is 11.8 Å². The summed E-state index contributed by atoms with van der Waals surface area (Å²) < 4.78 is 5.43. The molecule has 0 saturated carbocycles. The van der Waals surface area contributed by atoms with Gasteiger partial charge in [-0.2, -0.15) is 0 Å². The number of hydrogen-bond donors (Lipinski definition) is 2. The summed E-state index contributed by atoms with van der Waals surface area (Å²) in [6.07, 6.45) is 3.51. The highest BCUT2D eigenvalue weighted by atomic mass is 16.5. The molecule has 1 aliphatic heterocycles. The van der Waals surface area contributed by atoms with Crippen molar-refractivity contribution in [1.82, 2.24) is 0 Å². The second kappa shape index (κ2) is 5.37. The van der Waals surface area contributed by atoms with Gasteiger partial charge in [0.25, 0.3) is 0 Å². The molecule has 0 spiro atoms. The first-order chi connectivity index (χ1) is 6.66. The van der Waals surface area contributed by atoms with E-state index in [2.05, 4.69) is 13.8 Å². The SMILES string of the molecule is CC(C)C(CN)C(O)C1=CCCCO1. The summed E-state index contributed by atoms with van der Waals surface area (Å²) >= 11 is 0. The van der Waals surface area contributed by atoms with Crippen LogP contribution in [0.2, 0.25) is 0 Å². The van der Waals surface area contributed by atoms with Crippen molar-refractivity contribution in [2.45, 2.75) is 32.8 Å². The highest BCUT2D eigenvalue weighted by Gasteiger charge is 2.26. The normalized spacial score (nSPS) is 21.4. The van der Waals surface area contributed by atoms with E-state index >= 15 is 0 Å². The zero-order valence-electron chi connectivity index (χ0n) is 9.07. The third kappa shape index (κ3) is 2.72. The summed E-state index contributed by atoms with van der Waals surface area (Å²) in [5.74, 6) is 1.20. The van der Waals surface area contributed by atoms with Crippen LogP contribution in [0.3, 0.4) is 0 Å². The molecule has 1 rings (SSSR count). The first kappa shape index (κ1) is 11.5. The fourth-order valence-electron chi connectivity index (χ4n) is 1.76. The first-order valence-electron chi connectivity index (χ1n) is 5.37. The zero-order valence-corrected chi connectivity index (χ0v) is 9.07.